The number of anilines is 1. The number of hydrogen-bond donors (Lipinski definition) is 2. The van der Waals surface area contributed by atoms with Crippen molar-refractivity contribution in [1.29, 1.82) is 0 Å². The molecule has 0 aliphatic carbocycles. The summed E-state index contributed by atoms with van der Waals surface area (Å²) in [6.45, 7) is -0.550. The molecule has 0 radical (unpaired) electrons. The molecule has 2 rings (SSSR count). The zero-order valence-corrected chi connectivity index (χ0v) is 10.9. The van der Waals surface area contributed by atoms with Crippen LogP contribution in [-0.2, 0) is 6.54 Å². The molecule has 0 unspecified atom stereocenters. The molecule has 2 aromatic rings. The van der Waals surface area contributed by atoms with Crippen LogP contribution < -0.4 is 5.32 Å². The molecule has 0 aliphatic rings. The number of nitrogens with zero attached hydrogens (tertiary/aromatic N) is 1. The number of hydrogen-bond acceptors (Lipinski definition) is 2. The van der Waals surface area contributed by atoms with E-state index in [-0.39, 0.29) is 16.5 Å². The van der Waals surface area contributed by atoms with E-state index in [0.29, 0.717) is 5.69 Å². The lowest BCUT2D eigenvalue weighted by Gasteiger charge is -2.10. The van der Waals surface area contributed by atoms with Gasteiger partial charge in [-0.15, -0.1) is 0 Å². The van der Waals surface area contributed by atoms with Gasteiger partial charge in [-0.1, -0.05) is 11.6 Å². The van der Waals surface area contributed by atoms with Crippen molar-refractivity contribution in [3.8, 4) is 5.75 Å². The molecule has 0 spiro atoms. The molecular weight excluding hydrogens is 290 g/mol. The number of halogens is 3. The van der Waals surface area contributed by atoms with Gasteiger partial charge in [0.15, 0.2) is 0 Å². The highest BCUT2D eigenvalue weighted by Gasteiger charge is 2.14. The molecule has 0 fully saturated rings. The second-order valence-electron chi connectivity index (χ2n) is 4.06. The standard InChI is InChI=1S/C13H11ClF2N2O2/c14-9-6-8(3-4-11(9)19)17-13(20)10-2-1-5-18(10)7-12(15)16/h1-6,12,19H,7H2,(H,17,20). The third-order valence-corrected chi connectivity index (χ3v) is 2.91. The summed E-state index contributed by atoms with van der Waals surface area (Å²) in [6, 6.07) is 7.12. The lowest BCUT2D eigenvalue weighted by Crippen LogP contribution is -2.18. The molecule has 1 aromatic heterocycles. The van der Waals surface area contributed by atoms with Gasteiger partial charge in [0, 0.05) is 11.9 Å². The van der Waals surface area contributed by atoms with E-state index in [4.69, 9.17) is 11.6 Å². The summed E-state index contributed by atoms with van der Waals surface area (Å²) in [5.74, 6) is -0.636. The molecule has 0 saturated heterocycles. The number of alkyl halides is 2. The minimum absolute atomic E-state index is 0.0887. The molecule has 4 nitrogen and oxygen atoms in total. The van der Waals surface area contributed by atoms with Crippen molar-refractivity contribution in [3.63, 3.8) is 0 Å². The van der Waals surface area contributed by atoms with Gasteiger partial charge in [-0.2, -0.15) is 0 Å². The Bertz CT molecular complexity index is 629. The first-order valence-electron chi connectivity index (χ1n) is 5.70. The van der Waals surface area contributed by atoms with E-state index in [2.05, 4.69) is 5.32 Å². The molecule has 0 saturated carbocycles. The van der Waals surface area contributed by atoms with Crippen LogP contribution in [0.4, 0.5) is 14.5 Å². The average Bonchev–Trinajstić information content (AvgIpc) is 2.81. The van der Waals surface area contributed by atoms with Gasteiger partial charge >= 0.3 is 0 Å². The molecule has 1 heterocycles. The highest BCUT2D eigenvalue weighted by atomic mass is 35.5. The quantitative estimate of drug-likeness (QED) is 0.851. The SMILES string of the molecule is O=C(Nc1ccc(O)c(Cl)c1)c1cccn1CC(F)F. The molecule has 0 aliphatic heterocycles. The van der Waals surface area contributed by atoms with E-state index in [9.17, 15) is 18.7 Å². The van der Waals surface area contributed by atoms with E-state index >= 15 is 0 Å². The fourth-order valence-corrected chi connectivity index (χ4v) is 1.89. The van der Waals surface area contributed by atoms with Crippen LogP contribution in [0, 0.1) is 0 Å². The van der Waals surface area contributed by atoms with E-state index in [0.717, 1.165) is 0 Å². The first-order chi connectivity index (χ1) is 9.47. The second-order valence-corrected chi connectivity index (χ2v) is 4.46. The van der Waals surface area contributed by atoms with Crippen molar-refractivity contribution in [3.05, 3.63) is 47.2 Å². The maximum Gasteiger partial charge on any atom is 0.272 e. The summed E-state index contributed by atoms with van der Waals surface area (Å²) in [4.78, 5) is 12.0. The number of phenolic OH excluding ortho intramolecular Hbond substituents is 1. The third kappa shape index (κ3) is 3.27. The number of benzene rings is 1. The minimum Gasteiger partial charge on any atom is -0.506 e. The summed E-state index contributed by atoms with van der Waals surface area (Å²) in [5, 5.41) is 11.9. The van der Waals surface area contributed by atoms with Crippen LogP contribution in [0.1, 0.15) is 10.5 Å². The molecule has 20 heavy (non-hydrogen) atoms. The second kappa shape index (κ2) is 5.92. The van der Waals surface area contributed by atoms with Crippen molar-refractivity contribution in [2.75, 3.05) is 5.32 Å². The highest BCUT2D eigenvalue weighted by molar-refractivity contribution is 6.32. The van der Waals surface area contributed by atoms with Gasteiger partial charge in [-0.3, -0.25) is 4.79 Å². The maximum absolute atomic E-state index is 12.4. The fourth-order valence-electron chi connectivity index (χ4n) is 1.71. The van der Waals surface area contributed by atoms with Gasteiger partial charge in [-0.05, 0) is 30.3 Å². The first kappa shape index (κ1) is 14.3. The normalized spacial score (nSPS) is 10.8. The monoisotopic (exact) mass is 300 g/mol. The van der Waals surface area contributed by atoms with Crippen LogP contribution in [-0.4, -0.2) is 22.0 Å². The molecule has 0 atom stereocenters. The summed E-state index contributed by atoms with van der Waals surface area (Å²) >= 11 is 5.72. The maximum atomic E-state index is 12.4. The van der Waals surface area contributed by atoms with Gasteiger partial charge in [0.25, 0.3) is 12.3 Å². The van der Waals surface area contributed by atoms with Crippen LogP contribution >= 0.6 is 11.6 Å². The predicted molar refractivity (Wildman–Crippen MR) is 71.5 cm³/mol. The Balaban J connectivity index is 2.15. The zero-order valence-electron chi connectivity index (χ0n) is 10.2. The lowest BCUT2D eigenvalue weighted by molar-refractivity contribution is 0.0997. The van der Waals surface area contributed by atoms with Crippen molar-refractivity contribution in [2.24, 2.45) is 0 Å². The van der Waals surface area contributed by atoms with Gasteiger partial charge in [0.2, 0.25) is 0 Å². The Labute approximate surface area is 118 Å². The average molecular weight is 301 g/mol. The summed E-state index contributed by atoms with van der Waals surface area (Å²) in [6.07, 6.45) is -1.14. The Morgan fingerprint density at radius 3 is 2.80 bits per heavy atom. The van der Waals surface area contributed by atoms with Crippen molar-refractivity contribution in [2.45, 2.75) is 13.0 Å². The molecule has 106 valence electrons. The van der Waals surface area contributed by atoms with E-state index in [1.54, 1.807) is 0 Å². The largest absolute Gasteiger partial charge is 0.506 e. The lowest BCUT2D eigenvalue weighted by atomic mass is 10.3. The van der Waals surface area contributed by atoms with Crippen molar-refractivity contribution >= 4 is 23.2 Å². The van der Waals surface area contributed by atoms with Gasteiger partial charge in [-0.25, -0.2) is 8.78 Å². The number of phenols is 1. The first-order valence-corrected chi connectivity index (χ1v) is 6.08. The Morgan fingerprint density at radius 1 is 1.40 bits per heavy atom. The molecule has 7 heteroatoms. The Hall–Kier alpha value is -2.08. The van der Waals surface area contributed by atoms with Crippen LogP contribution in [0.3, 0.4) is 0 Å². The number of nitrogens with one attached hydrogen (secondary N) is 1. The van der Waals surface area contributed by atoms with Crippen LogP contribution in [0.5, 0.6) is 5.75 Å². The molecule has 2 N–H and O–H groups in total. The predicted octanol–water partition coefficient (Wildman–Crippen LogP) is 3.36. The highest BCUT2D eigenvalue weighted by Crippen LogP contribution is 2.26. The van der Waals surface area contributed by atoms with Gasteiger partial charge in [0.05, 0.1) is 11.6 Å². The number of rotatable bonds is 4. The molecular formula is C13H11ClF2N2O2. The fraction of sp³-hybridized carbons (Fsp3) is 0.154. The Morgan fingerprint density at radius 2 is 2.15 bits per heavy atom. The molecule has 1 aromatic carbocycles. The zero-order chi connectivity index (χ0) is 14.7. The van der Waals surface area contributed by atoms with E-state index in [1.807, 2.05) is 0 Å². The van der Waals surface area contributed by atoms with E-state index in [1.165, 1.54) is 41.1 Å². The number of aromatic hydroxyl groups is 1. The van der Waals surface area contributed by atoms with Crippen LogP contribution in [0.25, 0.3) is 0 Å². The smallest absolute Gasteiger partial charge is 0.272 e. The molecule has 1 amide bonds. The Kier molecular flexibility index (Phi) is 4.24. The third-order valence-electron chi connectivity index (χ3n) is 2.60. The van der Waals surface area contributed by atoms with Crippen molar-refractivity contribution in [1.82, 2.24) is 4.57 Å². The van der Waals surface area contributed by atoms with Gasteiger partial charge in [0.1, 0.15) is 11.4 Å². The number of amides is 1. The van der Waals surface area contributed by atoms with E-state index < -0.39 is 18.9 Å². The van der Waals surface area contributed by atoms with Crippen LogP contribution in [0.15, 0.2) is 36.5 Å². The summed E-state index contributed by atoms with van der Waals surface area (Å²) < 4.78 is 25.9. The van der Waals surface area contributed by atoms with Crippen LogP contribution in [0.2, 0.25) is 5.02 Å². The number of carbonyl (C=O) groups excluding carboxylic acids is 1. The summed E-state index contributed by atoms with van der Waals surface area (Å²) in [5.41, 5.74) is 0.483. The van der Waals surface area contributed by atoms with Gasteiger partial charge < -0.3 is 15.0 Å². The number of aromatic nitrogens is 1. The summed E-state index contributed by atoms with van der Waals surface area (Å²) in [7, 11) is 0. The number of carbonyl (C=O) groups is 1. The topological polar surface area (TPSA) is 54.3 Å². The van der Waals surface area contributed by atoms with Crippen molar-refractivity contribution < 1.29 is 18.7 Å². The minimum atomic E-state index is -2.54. The molecule has 0 bridgehead atoms.